The summed E-state index contributed by atoms with van der Waals surface area (Å²) in [6.07, 6.45) is 0.979. The van der Waals surface area contributed by atoms with Gasteiger partial charge in [0.15, 0.2) is 0 Å². The minimum atomic E-state index is -0.792. The van der Waals surface area contributed by atoms with Gasteiger partial charge in [-0.25, -0.2) is 4.79 Å². The van der Waals surface area contributed by atoms with Crippen LogP contribution < -0.4 is 0 Å². The highest BCUT2D eigenvalue weighted by Crippen LogP contribution is 2.32. The van der Waals surface area contributed by atoms with Crippen LogP contribution in [0.2, 0.25) is 0 Å². The summed E-state index contributed by atoms with van der Waals surface area (Å²) < 4.78 is 15.8. The number of ether oxygens (including phenoxy) is 3. The Bertz CT molecular complexity index is 373. The third-order valence-electron chi connectivity index (χ3n) is 3.36. The molecule has 1 heterocycles. The van der Waals surface area contributed by atoms with E-state index in [2.05, 4.69) is 0 Å². The van der Waals surface area contributed by atoms with E-state index in [0.717, 1.165) is 6.42 Å². The normalized spacial score (nSPS) is 22.8. The number of likely N-dealkylation sites (tertiary alicyclic amines) is 1. The van der Waals surface area contributed by atoms with E-state index in [-0.39, 0.29) is 19.1 Å². The molecule has 0 bridgehead atoms. The van der Waals surface area contributed by atoms with E-state index in [0.29, 0.717) is 19.6 Å². The van der Waals surface area contributed by atoms with Crippen LogP contribution in [0, 0.1) is 5.41 Å². The van der Waals surface area contributed by atoms with Crippen LogP contribution in [0.5, 0.6) is 0 Å². The van der Waals surface area contributed by atoms with Crippen molar-refractivity contribution in [3.63, 3.8) is 0 Å². The SMILES string of the molecule is CCOC(=O)C1(COC)CCCN(C(=O)OC(C)(C)C)C1. The van der Waals surface area contributed by atoms with E-state index in [1.165, 1.54) is 0 Å². The molecule has 1 aliphatic heterocycles. The summed E-state index contributed by atoms with van der Waals surface area (Å²) in [6, 6.07) is 0. The number of carbonyl (C=O) groups is 2. The molecule has 0 aromatic carbocycles. The lowest BCUT2D eigenvalue weighted by molar-refractivity contribution is -0.162. The zero-order valence-electron chi connectivity index (χ0n) is 13.7. The first-order valence-corrected chi connectivity index (χ1v) is 7.38. The fraction of sp³-hybridized carbons (Fsp3) is 0.867. The van der Waals surface area contributed by atoms with Crippen LogP contribution in [0.25, 0.3) is 0 Å². The molecule has 0 radical (unpaired) electrons. The Balaban J connectivity index is 2.83. The Morgan fingerprint density at radius 2 is 1.95 bits per heavy atom. The van der Waals surface area contributed by atoms with Gasteiger partial charge in [0.2, 0.25) is 0 Å². The first kappa shape index (κ1) is 17.8. The summed E-state index contributed by atoms with van der Waals surface area (Å²) in [5.41, 5.74) is -1.34. The van der Waals surface area contributed by atoms with E-state index in [1.54, 1.807) is 18.9 Å². The highest BCUT2D eigenvalue weighted by Gasteiger charge is 2.45. The summed E-state index contributed by atoms with van der Waals surface area (Å²) in [5.74, 6) is -0.305. The van der Waals surface area contributed by atoms with Crippen molar-refractivity contribution in [1.29, 1.82) is 0 Å². The van der Waals surface area contributed by atoms with Gasteiger partial charge in [-0.3, -0.25) is 4.79 Å². The molecule has 0 aromatic rings. The molecule has 0 spiro atoms. The molecule has 6 heteroatoms. The van der Waals surface area contributed by atoms with Gasteiger partial charge in [-0.05, 0) is 40.5 Å². The van der Waals surface area contributed by atoms with Gasteiger partial charge in [0.1, 0.15) is 11.0 Å². The van der Waals surface area contributed by atoms with Crippen LogP contribution in [0.3, 0.4) is 0 Å². The summed E-state index contributed by atoms with van der Waals surface area (Å²) in [5, 5.41) is 0. The summed E-state index contributed by atoms with van der Waals surface area (Å²) >= 11 is 0. The molecule has 1 fully saturated rings. The van der Waals surface area contributed by atoms with Gasteiger partial charge in [-0.2, -0.15) is 0 Å². The van der Waals surface area contributed by atoms with E-state index >= 15 is 0 Å². The number of piperidine rings is 1. The maximum Gasteiger partial charge on any atom is 0.410 e. The van der Waals surface area contributed by atoms with E-state index in [1.807, 2.05) is 20.8 Å². The van der Waals surface area contributed by atoms with Crippen molar-refractivity contribution < 1.29 is 23.8 Å². The van der Waals surface area contributed by atoms with E-state index < -0.39 is 17.1 Å². The van der Waals surface area contributed by atoms with Gasteiger partial charge >= 0.3 is 12.1 Å². The number of hydrogen-bond acceptors (Lipinski definition) is 5. The predicted octanol–water partition coefficient (Wildman–Crippen LogP) is 2.21. The molecule has 1 saturated heterocycles. The lowest BCUT2D eigenvalue weighted by atomic mass is 9.80. The second-order valence-electron chi connectivity index (χ2n) is 6.44. The average molecular weight is 301 g/mol. The highest BCUT2D eigenvalue weighted by molar-refractivity contribution is 5.79. The molecule has 0 saturated carbocycles. The number of esters is 1. The average Bonchev–Trinajstić information content (AvgIpc) is 2.37. The zero-order valence-corrected chi connectivity index (χ0v) is 13.7. The monoisotopic (exact) mass is 301 g/mol. The fourth-order valence-electron chi connectivity index (χ4n) is 2.52. The predicted molar refractivity (Wildman–Crippen MR) is 78.0 cm³/mol. The van der Waals surface area contributed by atoms with Crippen LogP contribution in [0.4, 0.5) is 4.79 Å². The van der Waals surface area contributed by atoms with Crippen molar-refractivity contribution in [2.24, 2.45) is 5.41 Å². The minimum absolute atomic E-state index is 0.241. The number of carbonyl (C=O) groups excluding carboxylic acids is 2. The van der Waals surface area contributed by atoms with Crippen molar-refractivity contribution in [3.05, 3.63) is 0 Å². The number of amides is 1. The van der Waals surface area contributed by atoms with Gasteiger partial charge in [0, 0.05) is 20.2 Å². The Kier molecular flexibility index (Phi) is 6.01. The Labute approximate surface area is 126 Å². The van der Waals surface area contributed by atoms with Crippen LogP contribution in [-0.2, 0) is 19.0 Å². The number of rotatable bonds is 4. The van der Waals surface area contributed by atoms with Gasteiger partial charge in [0.25, 0.3) is 0 Å². The van der Waals surface area contributed by atoms with Crippen molar-refractivity contribution in [3.8, 4) is 0 Å². The van der Waals surface area contributed by atoms with Gasteiger partial charge in [0.05, 0.1) is 13.2 Å². The summed E-state index contributed by atoms with van der Waals surface area (Å²) in [4.78, 5) is 26.1. The number of nitrogens with zero attached hydrogens (tertiary/aromatic N) is 1. The summed E-state index contributed by atoms with van der Waals surface area (Å²) in [7, 11) is 1.55. The van der Waals surface area contributed by atoms with Crippen molar-refractivity contribution in [1.82, 2.24) is 4.90 Å². The van der Waals surface area contributed by atoms with Crippen molar-refractivity contribution >= 4 is 12.1 Å². The number of methoxy groups -OCH3 is 1. The third-order valence-corrected chi connectivity index (χ3v) is 3.36. The molecule has 1 rings (SSSR count). The Morgan fingerprint density at radius 3 is 2.48 bits per heavy atom. The first-order valence-electron chi connectivity index (χ1n) is 7.38. The minimum Gasteiger partial charge on any atom is -0.465 e. The standard InChI is InChI=1S/C15H27NO5/c1-6-20-12(17)15(11-19-5)8-7-9-16(10-15)13(18)21-14(2,3)4/h6-11H2,1-5H3. The lowest BCUT2D eigenvalue weighted by Crippen LogP contribution is -2.53. The Morgan fingerprint density at radius 1 is 1.29 bits per heavy atom. The van der Waals surface area contributed by atoms with Crippen molar-refractivity contribution in [2.75, 3.05) is 33.4 Å². The van der Waals surface area contributed by atoms with Gasteiger partial charge < -0.3 is 19.1 Å². The first-order chi connectivity index (χ1) is 9.74. The van der Waals surface area contributed by atoms with Crippen LogP contribution in [-0.4, -0.2) is 56.0 Å². The Hall–Kier alpha value is -1.30. The molecule has 0 N–H and O–H groups in total. The molecule has 1 amide bonds. The third kappa shape index (κ3) is 4.88. The van der Waals surface area contributed by atoms with Gasteiger partial charge in [-0.15, -0.1) is 0 Å². The molecular weight excluding hydrogens is 274 g/mol. The molecule has 6 nitrogen and oxygen atoms in total. The second-order valence-corrected chi connectivity index (χ2v) is 6.44. The smallest absolute Gasteiger partial charge is 0.410 e. The molecular formula is C15H27NO5. The fourth-order valence-corrected chi connectivity index (χ4v) is 2.52. The van der Waals surface area contributed by atoms with E-state index in [4.69, 9.17) is 14.2 Å². The molecule has 0 aliphatic carbocycles. The highest BCUT2D eigenvalue weighted by atomic mass is 16.6. The molecule has 21 heavy (non-hydrogen) atoms. The van der Waals surface area contributed by atoms with Crippen LogP contribution >= 0.6 is 0 Å². The second kappa shape index (κ2) is 7.11. The topological polar surface area (TPSA) is 65.1 Å². The van der Waals surface area contributed by atoms with Gasteiger partial charge in [-0.1, -0.05) is 0 Å². The zero-order chi connectivity index (χ0) is 16.1. The number of hydrogen-bond donors (Lipinski definition) is 0. The maximum atomic E-state index is 12.3. The quantitative estimate of drug-likeness (QED) is 0.745. The van der Waals surface area contributed by atoms with E-state index in [9.17, 15) is 9.59 Å². The molecule has 1 aliphatic rings. The van der Waals surface area contributed by atoms with Crippen LogP contribution in [0.15, 0.2) is 0 Å². The molecule has 122 valence electrons. The lowest BCUT2D eigenvalue weighted by Gasteiger charge is -2.40. The molecule has 1 unspecified atom stereocenters. The maximum absolute atomic E-state index is 12.3. The van der Waals surface area contributed by atoms with Crippen molar-refractivity contribution in [2.45, 2.75) is 46.1 Å². The molecule has 1 atom stereocenters. The van der Waals surface area contributed by atoms with Crippen LogP contribution in [0.1, 0.15) is 40.5 Å². The summed E-state index contributed by atoms with van der Waals surface area (Å²) in [6.45, 7) is 8.65. The molecule has 0 aromatic heterocycles. The largest absolute Gasteiger partial charge is 0.465 e.